The van der Waals surface area contributed by atoms with E-state index in [2.05, 4.69) is 15.7 Å². The quantitative estimate of drug-likeness (QED) is 0.621. The van der Waals surface area contributed by atoms with Gasteiger partial charge >= 0.3 is 6.18 Å². The molecule has 6 nitrogen and oxygen atoms in total. The number of anilines is 1. The number of benzene rings is 2. The minimum atomic E-state index is -4.81. The molecule has 0 radical (unpaired) electrons. The minimum Gasteiger partial charge on any atom is -0.348 e. The van der Waals surface area contributed by atoms with Crippen LogP contribution in [0, 0.1) is 0 Å². The Balaban J connectivity index is 1.81. The molecule has 0 aliphatic rings. The van der Waals surface area contributed by atoms with Crippen molar-refractivity contribution >= 4 is 29.1 Å². The van der Waals surface area contributed by atoms with Crippen LogP contribution in [0.15, 0.2) is 54.7 Å². The number of amides is 2. The molecule has 1 aromatic heterocycles. The lowest BCUT2D eigenvalue weighted by atomic mass is 10.2. The maximum atomic E-state index is 13.7. The number of nitrogens with one attached hydrogen (secondary N) is 2. The van der Waals surface area contributed by atoms with E-state index in [1.807, 2.05) is 0 Å². The number of hydrogen-bond donors (Lipinski definition) is 2. The van der Waals surface area contributed by atoms with Crippen LogP contribution in [-0.4, -0.2) is 21.6 Å². The predicted octanol–water partition coefficient (Wildman–Crippen LogP) is 4.43. The smallest absolute Gasteiger partial charge is 0.348 e. The summed E-state index contributed by atoms with van der Waals surface area (Å²) in [6.07, 6.45) is -3.94. The number of carbonyl (C=O) groups excluding carboxylic acids is 2. The highest BCUT2D eigenvalue weighted by Crippen LogP contribution is 2.34. The maximum absolute atomic E-state index is 13.7. The Bertz CT molecular complexity index is 1080. The lowest BCUT2D eigenvalue weighted by molar-refractivity contribution is -0.143. The van der Waals surface area contributed by atoms with Gasteiger partial charge in [0.2, 0.25) is 5.91 Å². The molecule has 0 atom stereocenters. The zero-order valence-corrected chi connectivity index (χ0v) is 16.4. The number of rotatable bonds is 5. The van der Waals surface area contributed by atoms with Gasteiger partial charge in [-0.05, 0) is 35.9 Å². The van der Waals surface area contributed by atoms with Crippen molar-refractivity contribution in [1.29, 1.82) is 0 Å². The van der Waals surface area contributed by atoms with Crippen LogP contribution in [0.25, 0.3) is 5.69 Å². The number of nitrogens with zero attached hydrogens (tertiary/aromatic N) is 2. The summed E-state index contributed by atoms with van der Waals surface area (Å²) in [7, 11) is 0. The Kier molecular flexibility index (Phi) is 6.12. The lowest BCUT2D eigenvalue weighted by Gasteiger charge is -2.13. The molecule has 0 saturated heterocycles. The van der Waals surface area contributed by atoms with Gasteiger partial charge in [-0.15, -0.1) is 0 Å². The van der Waals surface area contributed by atoms with E-state index >= 15 is 0 Å². The van der Waals surface area contributed by atoms with E-state index in [1.54, 1.807) is 24.3 Å². The fourth-order valence-corrected chi connectivity index (χ4v) is 2.96. The molecule has 30 heavy (non-hydrogen) atoms. The van der Waals surface area contributed by atoms with Crippen LogP contribution >= 0.6 is 11.6 Å². The first kappa shape index (κ1) is 21.4. The molecule has 0 saturated carbocycles. The highest BCUT2D eigenvalue weighted by atomic mass is 35.5. The summed E-state index contributed by atoms with van der Waals surface area (Å²) in [4.78, 5) is 23.5. The molecular formula is C20H16ClF3N4O2. The standard InChI is InChI=1S/C20H16ClF3N4O2/c1-12(29)27-15-7-5-13(6-8-15)10-25-19(30)17-11-26-28(18(17)20(22,23)24)16-4-2-3-14(21)9-16/h2-9,11H,10H2,1H3,(H,25,30)(H,27,29). The zero-order valence-electron chi connectivity index (χ0n) is 15.6. The molecule has 3 aromatic rings. The van der Waals surface area contributed by atoms with Crippen molar-refractivity contribution in [1.82, 2.24) is 15.1 Å². The van der Waals surface area contributed by atoms with E-state index in [4.69, 9.17) is 11.6 Å². The summed E-state index contributed by atoms with van der Waals surface area (Å²) in [5, 5.41) is 9.04. The number of hydrogen-bond acceptors (Lipinski definition) is 3. The van der Waals surface area contributed by atoms with Crippen molar-refractivity contribution in [2.75, 3.05) is 5.32 Å². The third kappa shape index (κ3) is 4.98. The Morgan fingerprint density at radius 2 is 1.83 bits per heavy atom. The topological polar surface area (TPSA) is 76.0 Å². The van der Waals surface area contributed by atoms with E-state index in [0.717, 1.165) is 6.20 Å². The van der Waals surface area contributed by atoms with Crippen LogP contribution in [0.5, 0.6) is 0 Å². The minimum absolute atomic E-state index is 0.00116. The van der Waals surface area contributed by atoms with Gasteiger partial charge in [-0.2, -0.15) is 18.3 Å². The van der Waals surface area contributed by atoms with Gasteiger partial charge in [-0.3, -0.25) is 9.59 Å². The van der Waals surface area contributed by atoms with Gasteiger partial charge in [-0.25, -0.2) is 4.68 Å². The highest BCUT2D eigenvalue weighted by molar-refractivity contribution is 6.30. The molecule has 1 heterocycles. The molecule has 0 bridgehead atoms. The van der Waals surface area contributed by atoms with Crippen molar-refractivity contribution in [3.8, 4) is 5.69 Å². The van der Waals surface area contributed by atoms with E-state index < -0.39 is 23.3 Å². The predicted molar refractivity (Wildman–Crippen MR) is 105 cm³/mol. The zero-order chi connectivity index (χ0) is 21.9. The van der Waals surface area contributed by atoms with Crippen molar-refractivity contribution in [3.05, 3.63) is 76.6 Å². The Morgan fingerprint density at radius 1 is 1.13 bits per heavy atom. The van der Waals surface area contributed by atoms with Gasteiger partial charge in [0.15, 0.2) is 5.69 Å². The third-order valence-electron chi connectivity index (χ3n) is 4.06. The van der Waals surface area contributed by atoms with Crippen molar-refractivity contribution in [2.24, 2.45) is 0 Å². The molecule has 156 valence electrons. The first-order chi connectivity index (χ1) is 14.1. The average Bonchev–Trinajstić information content (AvgIpc) is 3.12. The van der Waals surface area contributed by atoms with Gasteiger partial charge in [0.05, 0.1) is 17.4 Å². The molecule has 0 aliphatic carbocycles. The summed E-state index contributed by atoms with van der Waals surface area (Å²) in [5.74, 6) is -1.14. The van der Waals surface area contributed by atoms with Gasteiger partial charge in [-0.1, -0.05) is 29.8 Å². The molecule has 0 spiro atoms. The second-order valence-electron chi connectivity index (χ2n) is 6.36. The monoisotopic (exact) mass is 436 g/mol. The number of alkyl halides is 3. The van der Waals surface area contributed by atoms with Crippen LogP contribution in [-0.2, 0) is 17.5 Å². The maximum Gasteiger partial charge on any atom is 0.434 e. The SMILES string of the molecule is CC(=O)Nc1ccc(CNC(=O)c2cnn(-c3cccc(Cl)c3)c2C(F)(F)F)cc1. The first-order valence-electron chi connectivity index (χ1n) is 8.71. The van der Waals surface area contributed by atoms with Crippen LogP contribution in [0.3, 0.4) is 0 Å². The summed E-state index contributed by atoms with van der Waals surface area (Å²) < 4.78 is 41.7. The molecular weight excluding hydrogens is 421 g/mol. The summed E-state index contributed by atoms with van der Waals surface area (Å²) in [5.41, 5.74) is -0.490. The molecule has 10 heteroatoms. The Labute approximate surface area is 174 Å². The largest absolute Gasteiger partial charge is 0.434 e. The summed E-state index contributed by atoms with van der Waals surface area (Å²) >= 11 is 5.86. The number of aromatic nitrogens is 2. The molecule has 0 fully saturated rings. The Hall–Kier alpha value is -3.33. The highest BCUT2D eigenvalue weighted by Gasteiger charge is 2.40. The molecule has 2 amide bonds. The van der Waals surface area contributed by atoms with Crippen LogP contribution in [0.2, 0.25) is 5.02 Å². The fourth-order valence-electron chi connectivity index (χ4n) is 2.78. The molecule has 3 rings (SSSR count). The molecule has 2 aromatic carbocycles. The number of carbonyl (C=O) groups is 2. The van der Waals surface area contributed by atoms with E-state index in [0.29, 0.717) is 15.9 Å². The first-order valence-corrected chi connectivity index (χ1v) is 9.09. The summed E-state index contributed by atoms with van der Waals surface area (Å²) in [6.45, 7) is 1.37. The van der Waals surface area contributed by atoms with Gasteiger partial charge in [0.1, 0.15) is 0 Å². The van der Waals surface area contributed by atoms with E-state index in [-0.39, 0.29) is 23.2 Å². The van der Waals surface area contributed by atoms with Gasteiger partial charge in [0, 0.05) is 24.2 Å². The van der Waals surface area contributed by atoms with E-state index in [9.17, 15) is 22.8 Å². The van der Waals surface area contributed by atoms with Crippen molar-refractivity contribution in [2.45, 2.75) is 19.6 Å². The number of halogens is 4. The molecule has 2 N–H and O–H groups in total. The van der Waals surface area contributed by atoms with E-state index in [1.165, 1.54) is 31.2 Å². The summed E-state index contributed by atoms with van der Waals surface area (Å²) in [6, 6.07) is 12.3. The Morgan fingerprint density at radius 3 is 2.43 bits per heavy atom. The van der Waals surface area contributed by atoms with Gasteiger partial charge in [0.25, 0.3) is 5.91 Å². The van der Waals surface area contributed by atoms with Crippen LogP contribution < -0.4 is 10.6 Å². The second kappa shape index (κ2) is 8.58. The van der Waals surface area contributed by atoms with Crippen LogP contribution in [0.1, 0.15) is 28.5 Å². The average molecular weight is 437 g/mol. The third-order valence-corrected chi connectivity index (χ3v) is 4.30. The lowest BCUT2D eigenvalue weighted by Crippen LogP contribution is -2.26. The molecule has 0 unspecified atom stereocenters. The van der Waals surface area contributed by atoms with Gasteiger partial charge < -0.3 is 10.6 Å². The second-order valence-corrected chi connectivity index (χ2v) is 6.79. The molecule has 0 aliphatic heterocycles. The van der Waals surface area contributed by atoms with Crippen LogP contribution in [0.4, 0.5) is 18.9 Å². The normalized spacial score (nSPS) is 11.2. The van der Waals surface area contributed by atoms with Crippen molar-refractivity contribution in [3.63, 3.8) is 0 Å². The fraction of sp³-hybridized carbons (Fsp3) is 0.150. The van der Waals surface area contributed by atoms with Crippen molar-refractivity contribution < 1.29 is 22.8 Å².